The van der Waals surface area contributed by atoms with Gasteiger partial charge in [-0.25, -0.2) is 4.98 Å². The summed E-state index contributed by atoms with van der Waals surface area (Å²) in [4.78, 5) is 16.5. The van der Waals surface area contributed by atoms with Gasteiger partial charge in [0.1, 0.15) is 0 Å². The van der Waals surface area contributed by atoms with E-state index in [1.807, 2.05) is 43.3 Å². The third-order valence-corrected chi connectivity index (χ3v) is 5.64. The van der Waals surface area contributed by atoms with Crippen molar-refractivity contribution in [1.82, 2.24) is 4.98 Å². The number of para-hydroxylation sites is 1. The number of fused-ring (bicyclic) bond motifs is 1. The Bertz CT molecular complexity index is 799. The summed E-state index contributed by atoms with van der Waals surface area (Å²) in [5.41, 5.74) is 2.68. The Morgan fingerprint density at radius 2 is 2.14 bits per heavy atom. The average molecular weight is 349 g/mol. The number of benzene rings is 2. The predicted molar refractivity (Wildman–Crippen MR) is 95.2 cm³/mol. The molecular weight excluding hydrogens is 336 g/mol. The van der Waals surface area contributed by atoms with Crippen LogP contribution in [-0.2, 0) is 4.79 Å². The van der Waals surface area contributed by atoms with E-state index >= 15 is 0 Å². The fourth-order valence-corrected chi connectivity index (χ4v) is 3.96. The molecule has 22 heavy (non-hydrogen) atoms. The van der Waals surface area contributed by atoms with Crippen LogP contribution in [0.15, 0.2) is 46.8 Å². The maximum absolute atomic E-state index is 12.0. The molecule has 1 aromatic heterocycles. The number of nitrogens with one attached hydrogen (secondary N) is 1. The number of rotatable bonds is 4. The van der Waals surface area contributed by atoms with Crippen molar-refractivity contribution in [3.63, 3.8) is 0 Å². The van der Waals surface area contributed by atoms with Crippen molar-refractivity contribution < 1.29 is 4.79 Å². The van der Waals surface area contributed by atoms with Crippen LogP contribution in [0, 0.1) is 6.92 Å². The molecule has 0 saturated heterocycles. The van der Waals surface area contributed by atoms with Crippen molar-refractivity contribution in [2.24, 2.45) is 0 Å². The number of anilines is 1. The van der Waals surface area contributed by atoms with E-state index in [4.69, 9.17) is 11.6 Å². The zero-order valence-corrected chi connectivity index (χ0v) is 14.2. The minimum absolute atomic E-state index is 0.0656. The fraction of sp³-hybridized carbons (Fsp3) is 0.125. The molecule has 0 fully saturated rings. The number of carbonyl (C=O) groups excluding carboxylic acids is 1. The number of aromatic nitrogens is 1. The van der Waals surface area contributed by atoms with Crippen molar-refractivity contribution in [3.8, 4) is 0 Å². The second kappa shape index (κ2) is 6.69. The Hall–Kier alpha value is -1.56. The zero-order chi connectivity index (χ0) is 15.5. The number of amides is 1. The number of hydrogen-bond acceptors (Lipinski definition) is 4. The van der Waals surface area contributed by atoms with E-state index in [-0.39, 0.29) is 5.91 Å². The molecule has 3 rings (SSSR count). The van der Waals surface area contributed by atoms with Crippen molar-refractivity contribution in [1.29, 1.82) is 0 Å². The molecule has 3 aromatic rings. The lowest BCUT2D eigenvalue weighted by Gasteiger charge is -2.06. The van der Waals surface area contributed by atoms with Crippen LogP contribution < -0.4 is 5.32 Å². The predicted octanol–water partition coefficient (Wildman–Crippen LogP) is 4.99. The average Bonchev–Trinajstić information content (AvgIpc) is 2.92. The molecule has 1 amide bonds. The number of halogens is 1. The molecule has 2 aromatic carbocycles. The largest absolute Gasteiger partial charge is 0.325 e. The van der Waals surface area contributed by atoms with Crippen molar-refractivity contribution >= 4 is 56.5 Å². The first-order chi connectivity index (χ1) is 10.6. The van der Waals surface area contributed by atoms with Crippen LogP contribution in [-0.4, -0.2) is 16.6 Å². The molecule has 0 unspecified atom stereocenters. The highest BCUT2D eigenvalue weighted by Gasteiger charge is 2.08. The van der Waals surface area contributed by atoms with Gasteiger partial charge in [0.25, 0.3) is 0 Å². The summed E-state index contributed by atoms with van der Waals surface area (Å²) in [6.07, 6.45) is 0. The minimum Gasteiger partial charge on any atom is -0.325 e. The maximum atomic E-state index is 12.0. The summed E-state index contributed by atoms with van der Waals surface area (Å²) < 4.78 is 2.04. The van der Waals surface area contributed by atoms with Gasteiger partial charge >= 0.3 is 0 Å². The first-order valence-electron chi connectivity index (χ1n) is 6.66. The van der Waals surface area contributed by atoms with E-state index in [0.717, 1.165) is 20.1 Å². The third kappa shape index (κ3) is 3.61. The maximum Gasteiger partial charge on any atom is 0.234 e. The second-order valence-corrected chi connectivity index (χ2v) is 7.41. The Labute approximate surface area is 141 Å². The van der Waals surface area contributed by atoms with Crippen LogP contribution in [0.5, 0.6) is 0 Å². The third-order valence-electron chi connectivity index (χ3n) is 3.06. The fourth-order valence-electron chi connectivity index (χ4n) is 1.91. The van der Waals surface area contributed by atoms with Gasteiger partial charge in [-0.15, -0.1) is 11.3 Å². The topological polar surface area (TPSA) is 42.0 Å². The summed E-state index contributed by atoms with van der Waals surface area (Å²) in [6, 6.07) is 13.5. The lowest BCUT2D eigenvalue weighted by molar-refractivity contribution is -0.113. The highest BCUT2D eigenvalue weighted by atomic mass is 35.5. The van der Waals surface area contributed by atoms with Crippen LogP contribution in [0.3, 0.4) is 0 Å². The molecule has 0 aliphatic heterocycles. The molecule has 6 heteroatoms. The van der Waals surface area contributed by atoms with Gasteiger partial charge in [0.05, 0.1) is 16.0 Å². The van der Waals surface area contributed by atoms with Gasteiger partial charge < -0.3 is 5.32 Å². The van der Waals surface area contributed by atoms with Crippen molar-refractivity contribution in [2.75, 3.05) is 11.1 Å². The van der Waals surface area contributed by atoms with E-state index in [2.05, 4.69) is 10.3 Å². The summed E-state index contributed by atoms with van der Waals surface area (Å²) in [5.74, 6) is 0.259. The highest BCUT2D eigenvalue weighted by molar-refractivity contribution is 8.01. The van der Waals surface area contributed by atoms with Gasteiger partial charge in [-0.1, -0.05) is 41.6 Å². The van der Waals surface area contributed by atoms with E-state index < -0.39 is 0 Å². The van der Waals surface area contributed by atoms with Crippen LogP contribution in [0.2, 0.25) is 5.02 Å². The van der Waals surface area contributed by atoms with E-state index in [0.29, 0.717) is 16.5 Å². The Kier molecular flexibility index (Phi) is 4.66. The zero-order valence-electron chi connectivity index (χ0n) is 11.8. The monoisotopic (exact) mass is 348 g/mol. The second-order valence-electron chi connectivity index (χ2n) is 4.75. The normalized spacial score (nSPS) is 10.8. The van der Waals surface area contributed by atoms with Gasteiger partial charge in [0.2, 0.25) is 5.91 Å². The van der Waals surface area contributed by atoms with E-state index in [9.17, 15) is 4.79 Å². The molecule has 3 nitrogen and oxygen atoms in total. The van der Waals surface area contributed by atoms with E-state index in [1.165, 1.54) is 11.8 Å². The first-order valence-corrected chi connectivity index (χ1v) is 8.84. The van der Waals surface area contributed by atoms with Gasteiger partial charge in [-0.3, -0.25) is 4.79 Å². The lowest BCUT2D eigenvalue weighted by atomic mass is 10.2. The molecule has 1 N–H and O–H groups in total. The standard InChI is InChI=1S/C16H13ClN2OS2/c1-10-6-7-11(8-12(10)17)18-15(20)9-21-16-19-13-4-2-3-5-14(13)22-16/h2-8H,9H2,1H3,(H,18,20). The number of thioether (sulfide) groups is 1. The smallest absolute Gasteiger partial charge is 0.234 e. The van der Waals surface area contributed by atoms with Crippen LogP contribution in [0.1, 0.15) is 5.56 Å². The van der Waals surface area contributed by atoms with Crippen LogP contribution >= 0.6 is 34.7 Å². The van der Waals surface area contributed by atoms with Crippen molar-refractivity contribution in [2.45, 2.75) is 11.3 Å². The summed E-state index contributed by atoms with van der Waals surface area (Å²) in [6.45, 7) is 1.93. The number of carbonyl (C=O) groups is 1. The molecule has 0 radical (unpaired) electrons. The van der Waals surface area contributed by atoms with Gasteiger partial charge in [-0.05, 0) is 36.8 Å². The number of thiazole rings is 1. The quantitative estimate of drug-likeness (QED) is 0.675. The summed E-state index contributed by atoms with van der Waals surface area (Å²) >= 11 is 9.09. The van der Waals surface area contributed by atoms with Gasteiger partial charge in [0, 0.05) is 10.7 Å². The Morgan fingerprint density at radius 1 is 1.32 bits per heavy atom. The van der Waals surface area contributed by atoms with Crippen LogP contribution in [0.25, 0.3) is 10.2 Å². The molecule has 0 aliphatic carbocycles. The molecule has 0 saturated carbocycles. The highest BCUT2D eigenvalue weighted by Crippen LogP contribution is 2.29. The molecule has 0 bridgehead atoms. The van der Waals surface area contributed by atoms with E-state index in [1.54, 1.807) is 17.4 Å². The SMILES string of the molecule is Cc1ccc(NC(=O)CSc2nc3ccccc3s2)cc1Cl. The number of aryl methyl sites for hydroxylation is 1. The lowest BCUT2D eigenvalue weighted by Crippen LogP contribution is -2.13. The van der Waals surface area contributed by atoms with Gasteiger partial charge in [0.15, 0.2) is 4.34 Å². The number of hydrogen-bond donors (Lipinski definition) is 1. The first kappa shape index (κ1) is 15.3. The summed E-state index contributed by atoms with van der Waals surface area (Å²) in [7, 11) is 0. The molecular formula is C16H13ClN2OS2. The minimum atomic E-state index is -0.0656. The van der Waals surface area contributed by atoms with Gasteiger partial charge in [-0.2, -0.15) is 0 Å². The van der Waals surface area contributed by atoms with Crippen LogP contribution in [0.4, 0.5) is 5.69 Å². The Balaban J connectivity index is 1.60. The Morgan fingerprint density at radius 3 is 2.91 bits per heavy atom. The number of nitrogens with zero attached hydrogens (tertiary/aromatic N) is 1. The molecule has 0 atom stereocenters. The molecule has 0 spiro atoms. The molecule has 112 valence electrons. The van der Waals surface area contributed by atoms with Crippen molar-refractivity contribution in [3.05, 3.63) is 53.1 Å². The summed E-state index contributed by atoms with van der Waals surface area (Å²) in [5, 5.41) is 3.50. The molecule has 0 aliphatic rings. The molecule has 1 heterocycles.